The van der Waals surface area contributed by atoms with Gasteiger partial charge in [-0.25, -0.2) is 0 Å². The lowest BCUT2D eigenvalue weighted by atomic mass is 9.80. The van der Waals surface area contributed by atoms with Crippen LogP contribution in [0.3, 0.4) is 0 Å². The molecule has 0 radical (unpaired) electrons. The Balaban J connectivity index is 2.58. The maximum Gasteiger partial charge on any atom is 0.222 e. The van der Waals surface area contributed by atoms with Gasteiger partial charge in [0.1, 0.15) is 0 Å². The van der Waals surface area contributed by atoms with Gasteiger partial charge in [-0.05, 0) is 30.6 Å². The van der Waals surface area contributed by atoms with Gasteiger partial charge in [0.15, 0.2) is 0 Å². The number of nitrogens with two attached hydrogens (primary N) is 1. The van der Waals surface area contributed by atoms with Crippen molar-refractivity contribution in [1.29, 1.82) is 0 Å². The van der Waals surface area contributed by atoms with Gasteiger partial charge >= 0.3 is 0 Å². The first-order chi connectivity index (χ1) is 8.74. The van der Waals surface area contributed by atoms with Crippen LogP contribution in [0.4, 0.5) is 0 Å². The fourth-order valence-corrected chi connectivity index (χ4v) is 2.66. The van der Waals surface area contributed by atoms with Crippen molar-refractivity contribution in [2.24, 2.45) is 17.1 Å². The molecule has 3 atom stereocenters. The summed E-state index contributed by atoms with van der Waals surface area (Å²) in [6.45, 7) is 9.56. The number of piperidine rings is 1. The van der Waals surface area contributed by atoms with Crippen LogP contribution in [-0.4, -0.2) is 41.1 Å². The van der Waals surface area contributed by atoms with Crippen molar-refractivity contribution >= 4 is 5.91 Å². The van der Waals surface area contributed by atoms with Crippen molar-refractivity contribution in [3.8, 4) is 0 Å². The van der Waals surface area contributed by atoms with E-state index in [1.807, 2.05) is 32.6 Å². The van der Waals surface area contributed by atoms with Crippen molar-refractivity contribution in [3.05, 3.63) is 0 Å². The highest BCUT2D eigenvalue weighted by Crippen LogP contribution is 2.28. The molecular formula is C15H30N2O2. The molecule has 0 saturated carbocycles. The highest BCUT2D eigenvalue weighted by atomic mass is 16.3. The minimum absolute atomic E-state index is 0.0479. The van der Waals surface area contributed by atoms with E-state index in [1.54, 1.807) is 0 Å². The average molecular weight is 270 g/mol. The summed E-state index contributed by atoms with van der Waals surface area (Å²) in [6.07, 6.45) is 2.77. The summed E-state index contributed by atoms with van der Waals surface area (Å²) >= 11 is 0. The molecule has 0 aromatic heterocycles. The second-order valence-electron chi connectivity index (χ2n) is 7.03. The van der Waals surface area contributed by atoms with Gasteiger partial charge in [0, 0.05) is 25.6 Å². The number of nitrogens with zero attached hydrogens (tertiary/aromatic N) is 1. The summed E-state index contributed by atoms with van der Waals surface area (Å²) in [5, 5.41) is 10.2. The molecule has 19 heavy (non-hydrogen) atoms. The zero-order valence-electron chi connectivity index (χ0n) is 12.9. The summed E-state index contributed by atoms with van der Waals surface area (Å²) in [6, 6.07) is 0.0479. The molecule has 1 aliphatic heterocycles. The molecule has 3 unspecified atom stereocenters. The van der Waals surface area contributed by atoms with Gasteiger partial charge in [-0.3, -0.25) is 4.79 Å². The van der Waals surface area contributed by atoms with Crippen molar-refractivity contribution in [2.75, 3.05) is 13.1 Å². The predicted molar refractivity (Wildman–Crippen MR) is 77.6 cm³/mol. The smallest absolute Gasteiger partial charge is 0.222 e. The van der Waals surface area contributed by atoms with Crippen LogP contribution in [0.5, 0.6) is 0 Å². The van der Waals surface area contributed by atoms with Gasteiger partial charge < -0.3 is 15.7 Å². The molecule has 4 heteroatoms. The third-order valence-corrected chi connectivity index (χ3v) is 3.94. The summed E-state index contributed by atoms with van der Waals surface area (Å²) in [5.41, 5.74) is 5.95. The first-order valence-corrected chi connectivity index (χ1v) is 7.45. The quantitative estimate of drug-likeness (QED) is 0.818. The molecule has 0 aliphatic carbocycles. The Morgan fingerprint density at radius 2 is 2.05 bits per heavy atom. The van der Waals surface area contributed by atoms with E-state index in [9.17, 15) is 9.90 Å². The van der Waals surface area contributed by atoms with E-state index < -0.39 is 0 Å². The summed E-state index contributed by atoms with van der Waals surface area (Å²) in [7, 11) is 0. The Hall–Kier alpha value is -0.610. The van der Waals surface area contributed by atoms with Gasteiger partial charge in [-0.1, -0.05) is 27.7 Å². The topological polar surface area (TPSA) is 66.6 Å². The van der Waals surface area contributed by atoms with E-state index in [-0.39, 0.29) is 23.5 Å². The molecular weight excluding hydrogens is 240 g/mol. The molecule has 1 heterocycles. The van der Waals surface area contributed by atoms with Gasteiger partial charge in [0.25, 0.3) is 0 Å². The molecule has 112 valence electrons. The Labute approximate surface area is 117 Å². The Morgan fingerprint density at radius 1 is 1.42 bits per heavy atom. The number of carbonyl (C=O) groups excluding carboxylic acids is 1. The van der Waals surface area contributed by atoms with E-state index in [1.165, 1.54) is 0 Å². The molecule has 4 nitrogen and oxygen atoms in total. The summed E-state index contributed by atoms with van der Waals surface area (Å²) in [5.74, 6) is 0.520. The lowest BCUT2D eigenvalue weighted by Crippen LogP contribution is -2.50. The number of rotatable bonds is 4. The van der Waals surface area contributed by atoms with Gasteiger partial charge in [0.2, 0.25) is 5.91 Å². The van der Waals surface area contributed by atoms with Gasteiger partial charge in [-0.2, -0.15) is 0 Å². The molecule has 1 fully saturated rings. The second-order valence-corrected chi connectivity index (χ2v) is 7.03. The fourth-order valence-electron chi connectivity index (χ4n) is 2.66. The Bertz CT molecular complexity index is 299. The molecule has 0 bridgehead atoms. The van der Waals surface area contributed by atoms with E-state index >= 15 is 0 Å². The van der Waals surface area contributed by atoms with Crippen molar-refractivity contribution < 1.29 is 9.90 Å². The number of aliphatic hydroxyl groups is 1. The first-order valence-electron chi connectivity index (χ1n) is 7.45. The third-order valence-electron chi connectivity index (χ3n) is 3.94. The van der Waals surface area contributed by atoms with Gasteiger partial charge in [-0.15, -0.1) is 0 Å². The minimum atomic E-state index is -0.342. The first kappa shape index (κ1) is 16.4. The number of hydrogen-bond donors (Lipinski definition) is 2. The van der Waals surface area contributed by atoms with Crippen LogP contribution in [0.15, 0.2) is 0 Å². The lowest BCUT2D eigenvalue weighted by Gasteiger charge is -2.39. The number of likely N-dealkylation sites (tertiary alicyclic amines) is 1. The fraction of sp³-hybridized carbons (Fsp3) is 0.933. The van der Waals surface area contributed by atoms with Crippen LogP contribution in [0.2, 0.25) is 0 Å². The van der Waals surface area contributed by atoms with Crippen LogP contribution >= 0.6 is 0 Å². The molecule has 0 aromatic carbocycles. The average Bonchev–Trinajstić information content (AvgIpc) is 2.27. The molecule has 1 saturated heterocycles. The van der Waals surface area contributed by atoms with Crippen molar-refractivity contribution in [2.45, 2.75) is 65.5 Å². The van der Waals surface area contributed by atoms with Crippen LogP contribution in [0.25, 0.3) is 0 Å². The van der Waals surface area contributed by atoms with Crippen LogP contribution in [0, 0.1) is 11.3 Å². The monoisotopic (exact) mass is 270 g/mol. The molecule has 1 amide bonds. The van der Waals surface area contributed by atoms with Crippen molar-refractivity contribution in [3.63, 3.8) is 0 Å². The zero-order chi connectivity index (χ0) is 14.6. The Morgan fingerprint density at radius 3 is 2.58 bits per heavy atom. The molecule has 0 aromatic rings. The zero-order valence-corrected chi connectivity index (χ0v) is 12.9. The van der Waals surface area contributed by atoms with Crippen molar-refractivity contribution in [1.82, 2.24) is 4.90 Å². The highest BCUT2D eigenvalue weighted by molar-refractivity contribution is 5.76. The standard InChI is InChI=1S/C15H30N2O2/c1-5-6-14(19)17-9-11(7-12(16)10-17)8-13(18)15(2,3)4/h11-13,18H,5-10,16H2,1-4H3. The largest absolute Gasteiger partial charge is 0.393 e. The minimum Gasteiger partial charge on any atom is -0.393 e. The normalized spacial score (nSPS) is 26.3. The van der Waals surface area contributed by atoms with E-state index in [0.717, 1.165) is 25.8 Å². The Kier molecular flexibility index (Phi) is 5.81. The molecule has 0 spiro atoms. The van der Waals surface area contributed by atoms with E-state index in [2.05, 4.69) is 0 Å². The number of hydrogen-bond acceptors (Lipinski definition) is 3. The van der Waals surface area contributed by atoms with Crippen LogP contribution < -0.4 is 5.73 Å². The third kappa shape index (κ3) is 5.11. The van der Waals surface area contributed by atoms with Crippen LogP contribution in [0.1, 0.15) is 53.4 Å². The number of carbonyl (C=O) groups is 1. The lowest BCUT2D eigenvalue weighted by molar-refractivity contribution is -0.133. The summed E-state index contributed by atoms with van der Waals surface area (Å²) in [4.78, 5) is 13.9. The van der Waals surface area contributed by atoms with Crippen LogP contribution in [-0.2, 0) is 4.79 Å². The predicted octanol–water partition coefficient (Wildman–Crippen LogP) is 1.76. The maximum atomic E-state index is 12.0. The number of amides is 1. The molecule has 1 aliphatic rings. The maximum absolute atomic E-state index is 12.0. The molecule has 1 rings (SSSR count). The van der Waals surface area contributed by atoms with E-state index in [0.29, 0.717) is 18.9 Å². The molecule has 3 N–H and O–H groups in total. The number of aliphatic hydroxyl groups excluding tert-OH is 1. The second kappa shape index (κ2) is 6.71. The SMILES string of the molecule is CCCC(=O)N1CC(N)CC(CC(O)C(C)(C)C)C1. The summed E-state index contributed by atoms with van der Waals surface area (Å²) < 4.78 is 0. The van der Waals surface area contributed by atoms with E-state index in [4.69, 9.17) is 5.73 Å². The van der Waals surface area contributed by atoms with Gasteiger partial charge in [0.05, 0.1) is 6.10 Å². The highest BCUT2D eigenvalue weighted by Gasteiger charge is 2.32.